The first-order valence-electron chi connectivity index (χ1n) is 6.01. The lowest BCUT2D eigenvalue weighted by Crippen LogP contribution is -1.96. The Kier molecular flexibility index (Phi) is 4.63. The van der Waals surface area contributed by atoms with Crippen molar-refractivity contribution < 1.29 is 0 Å². The number of benzene rings is 2. The highest BCUT2D eigenvalue weighted by molar-refractivity contribution is 9.10. The van der Waals surface area contributed by atoms with Crippen LogP contribution in [-0.2, 0) is 6.42 Å². The van der Waals surface area contributed by atoms with Gasteiger partial charge in [0.1, 0.15) is 0 Å². The average molecular weight is 368 g/mol. The fraction of sp³-hybridized carbons (Fsp3) is 0.250. The summed E-state index contributed by atoms with van der Waals surface area (Å²) in [4.78, 5) is 0.358. The van der Waals surface area contributed by atoms with Gasteiger partial charge in [0.05, 0.1) is 0 Å². The molecule has 0 aliphatic heterocycles. The summed E-state index contributed by atoms with van der Waals surface area (Å²) >= 11 is 7.34. The van der Waals surface area contributed by atoms with Crippen LogP contribution in [0.5, 0.6) is 0 Å². The maximum absolute atomic E-state index is 3.79. The summed E-state index contributed by atoms with van der Waals surface area (Å²) in [6, 6.07) is 15.3. The van der Waals surface area contributed by atoms with Gasteiger partial charge >= 0.3 is 0 Å². The van der Waals surface area contributed by atoms with Gasteiger partial charge in [0.2, 0.25) is 0 Å². The third kappa shape index (κ3) is 3.69. The second kappa shape index (κ2) is 6.03. The Balaban J connectivity index is 2.16. The number of aryl methyl sites for hydroxylation is 2. The molecule has 0 aromatic heterocycles. The van der Waals surface area contributed by atoms with Crippen molar-refractivity contribution in [2.75, 3.05) is 0 Å². The van der Waals surface area contributed by atoms with E-state index in [9.17, 15) is 0 Å². The highest BCUT2D eigenvalue weighted by Gasteiger charge is 2.09. The molecule has 2 rings (SSSR count). The van der Waals surface area contributed by atoms with E-state index in [2.05, 4.69) is 88.2 Å². The van der Waals surface area contributed by atoms with Crippen LogP contribution in [0.25, 0.3) is 0 Å². The molecule has 18 heavy (non-hydrogen) atoms. The molecule has 94 valence electrons. The van der Waals surface area contributed by atoms with Crippen LogP contribution in [0.15, 0.2) is 46.9 Å². The Morgan fingerprint density at radius 1 is 0.944 bits per heavy atom. The number of hydrogen-bond acceptors (Lipinski definition) is 0. The van der Waals surface area contributed by atoms with Crippen LogP contribution in [0.1, 0.15) is 27.1 Å². The minimum Gasteiger partial charge on any atom is -0.0835 e. The molecular formula is C16H16Br2. The van der Waals surface area contributed by atoms with Gasteiger partial charge in [0.15, 0.2) is 0 Å². The Labute approximate surface area is 126 Å². The van der Waals surface area contributed by atoms with Gasteiger partial charge in [-0.25, -0.2) is 0 Å². The molecule has 0 spiro atoms. The zero-order valence-electron chi connectivity index (χ0n) is 10.6. The number of rotatable bonds is 3. The Bertz CT molecular complexity index is 509. The number of halogens is 2. The fourth-order valence-electron chi connectivity index (χ4n) is 1.99. The molecule has 2 aromatic rings. The van der Waals surface area contributed by atoms with Crippen molar-refractivity contribution in [3.63, 3.8) is 0 Å². The zero-order valence-corrected chi connectivity index (χ0v) is 13.8. The van der Waals surface area contributed by atoms with Gasteiger partial charge in [-0.15, -0.1) is 0 Å². The maximum Gasteiger partial charge on any atom is 0.0436 e. The van der Waals surface area contributed by atoms with E-state index in [0.29, 0.717) is 4.83 Å². The molecule has 0 nitrogen and oxygen atoms in total. The van der Waals surface area contributed by atoms with Crippen molar-refractivity contribution in [1.29, 1.82) is 0 Å². The van der Waals surface area contributed by atoms with Crippen molar-refractivity contribution >= 4 is 31.9 Å². The van der Waals surface area contributed by atoms with Gasteiger partial charge in [-0.2, -0.15) is 0 Å². The minimum absolute atomic E-state index is 0.358. The van der Waals surface area contributed by atoms with Crippen LogP contribution in [0.2, 0.25) is 0 Å². The van der Waals surface area contributed by atoms with Gasteiger partial charge in [-0.05, 0) is 49.1 Å². The molecule has 0 saturated carbocycles. The summed E-state index contributed by atoms with van der Waals surface area (Å²) in [5.74, 6) is 0. The molecule has 0 bridgehead atoms. The number of alkyl halides is 1. The van der Waals surface area contributed by atoms with Gasteiger partial charge in [-0.1, -0.05) is 67.8 Å². The summed E-state index contributed by atoms with van der Waals surface area (Å²) in [7, 11) is 0. The van der Waals surface area contributed by atoms with E-state index in [1.54, 1.807) is 0 Å². The molecule has 1 unspecified atom stereocenters. The zero-order chi connectivity index (χ0) is 13.1. The standard InChI is InChI=1S/C16H16Br2/c1-11-3-5-13(6-4-11)9-16(18)14-7-12(2)8-15(17)10-14/h3-8,10,16H,9H2,1-2H3. The maximum atomic E-state index is 3.79. The molecule has 2 aromatic carbocycles. The van der Waals surface area contributed by atoms with Gasteiger partial charge in [-0.3, -0.25) is 0 Å². The van der Waals surface area contributed by atoms with Crippen LogP contribution < -0.4 is 0 Å². The van der Waals surface area contributed by atoms with Crippen LogP contribution in [-0.4, -0.2) is 0 Å². The summed E-state index contributed by atoms with van der Waals surface area (Å²) in [5, 5.41) is 0. The van der Waals surface area contributed by atoms with E-state index >= 15 is 0 Å². The Morgan fingerprint density at radius 3 is 2.22 bits per heavy atom. The van der Waals surface area contributed by atoms with E-state index in [0.717, 1.165) is 10.9 Å². The smallest absolute Gasteiger partial charge is 0.0436 e. The second-order valence-electron chi connectivity index (χ2n) is 4.72. The molecule has 2 heteroatoms. The van der Waals surface area contributed by atoms with Gasteiger partial charge in [0.25, 0.3) is 0 Å². The lowest BCUT2D eigenvalue weighted by Gasteiger charge is -2.12. The third-order valence-electron chi connectivity index (χ3n) is 2.96. The normalized spacial score (nSPS) is 12.4. The Hall–Kier alpha value is -0.600. The van der Waals surface area contributed by atoms with Crippen LogP contribution in [0.4, 0.5) is 0 Å². The molecule has 0 saturated heterocycles. The van der Waals surface area contributed by atoms with Crippen molar-refractivity contribution in [3.05, 3.63) is 69.2 Å². The van der Waals surface area contributed by atoms with E-state index < -0.39 is 0 Å². The van der Waals surface area contributed by atoms with Crippen molar-refractivity contribution in [3.8, 4) is 0 Å². The molecule has 0 aliphatic carbocycles. The third-order valence-corrected chi connectivity index (χ3v) is 4.27. The predicted molar refractivity (Wildman–Crippen MR) is 85.4 cm³/mol. The van der Waals surface area contributed by atoms with Crippen LogP contribution in [0.3, 0.4) is 0 Å². The molecular weight excluding hydrogens is 352 g/mol. The highest BCUT2D eigenvalue weighted by atomic mass is 79.9. The van der Waals surface area contributed by atoms with Gasteiger partial charge < -0.3 is 0 Å². The highest BCUT2D eigenvalue weighted by Crippen LogP contribution is 2.30. The molecule has 0 amide bonds. The second-order valence-corrected chi connectivity index (χ2v) is 6.74. The quantitative estimate of drug-likeness (QED) is 0.606. The topological polar surface area (TPSA) is 0 Å². The van der Waals surface area contributed by atoms with Crippen LogP contribution in [0, 0.1) is 13.8 Å². The lowest BCUT2D eigenvalue weighted by atomic mass is 10.0. The van der Waals surface area contributed by atoms with Gasteiger partial charge in [0, 0.05) is 9.30 Å². The predicted octanol–water partition coefficient (Wildman–Crippen LogP) is 5.74. The number of hydrogen-bond donors (Lipinski definition) is 0. The summed E-state index contributed by atoms with van der Waals surface area (Å²) in [5.41, 5.74) is 5.28. The molecule has 0 aliphatic rings. The fourth-order valence-corrected chi connectivity index (χ4v) is 3.26. The SMILES string of the molecule is Cc1ccc(CC(Br)c2cc(C)cc(Br)c2)cc1. The van der Waals surface area contributed by atoms with Crippen molar-refractivity contribution in [2.45, 2.75) is 25.1 Å². The first-order valence-corrected chi connectivity index (χ1v) is 7.72. The minimum atomic E-state index is 0.358. The molecule has 0 radical (unpaired) electrons. The van der Waals surface area contributed by atoms with E-state index in [1.165, 1.54) is 22.3 Å². The molecule has 0 fully saturated rings. The molecule has 1 atom stereocenters. The average Bonchev–Trinajstić information content (AvgIpc) is 2.31. The first kappa shape index (κ1) is 13.8. The largest absolute Gasteiger partial charge is 0.0835 e. The van der Waals surface area contributed by atoms with Crippen molar-refractivity contribution in [1.82, 2.24) is 0 Å². The van der Waals surface area contributed by atoms with E-state index in [1.807, 2.05) is 0 Å². The summed E-state index contributed by atoms with van der Waals surface area (Å²) < 4.78 is 1.14. The first-order chi connectivity index (χ1) is 8.54. The van der Waals surface area contributed by atoms with Crippen LogP contribution >= 0.6 is 31.9 Å². The Morgan fingerprint density at radius 2 is 1.61 bits per heavy atom. The molecule has 0 heterocycles. The summed E-state index contributed by atoms with van der Waals surface area (Å²) in [6.07, 6.45) is 1.01. The monoisotopic (exact) mass is 366 g/mol. The van der Waals surface area contributed by atoms with E-state index in [-0.39, 0.29) is 0 Å². The molecule has 0 N–H and O–H groups in total. The van der Waals surface area contributed by atoms with E-state index in [4.69, 9.17) is 0 Å². The lowest BCUT2D eigenvalue weighted by molar-refractivity contribution is 0.945. The van der Waals surface area contributed by atoms with Crippen molar-refractivity contribution in [2.24, 2.45) is 0 Å². The summed E-state index contributed by atoms with van der Waals surface area (Å²) in [6.45, 7) is 4.24.